The molecule has 0 radical (unpaired) electrons. The van der Waals surface area contributed by atoms with Gasteiger partial charge in [0.15, 0.2) is 0 Å². The molecular weight excluding hydrogens is 188 g/mol. The SMILES string of the molecule is CCNC[C@@H]1CCCN1S(C)(=O)=O. The van der Waals surface area contributed by atoms with Gasteiger partial charge in [-0.1, -0.05) is 6.92 Å². The van der Waals surface area contributed by atoms with E-state index in [-0.39, 0.29) is 6.04 Å². The van der Waals surface area contributed by atoms with E-state index in [9.17, 15) is 8.42 Å². The highest BCUT2D eigenvalue weighted by Crippen LogP contribution is 2.19. The van der Waals surface area contributed by atoms with Crippen molar-refractivity contribution in [2.24, 2.45) is 0 Å². The van der Waals surface area contributed by atoms with E-state index in [1.807, 2.05) is 6.92 Å². The van der Waals surface area contributed by atoms with Gasteiger partial charge in [0.2, 0.25) is 10.0 Å². The third-order valence-electron chi connectivity index (χ3n) is 2.38. The Morgan fingerprint density at radius 1 is 1.54 bits per heavy atom. The lowest BCUT2D eigenvalue weighted by atomic mass is 10.2. The average Bonchev–Trinajstić information content (AvgIpc) is 2.47. The second-order valence-electron chi connectivity index (χ2n) is 3.48. The molecule has 1 aliphatic rings. The van der Waals surface area contributed by atoms with Gasteiger partial charge in [0.05, 0.1) is 6.26 Å². The third kappa shape index (κ3) is 2.93. The van der Waals surface area contributed by atoms with Gasteiger partial charge in [-0.2, -0.15) is 4.31 Å². The first-order chi connectivity index (χ1) is 6.05. The molecule has 78 valence electrons. The summed E-state index contributed by atoms with van der Waals surface area (Å²) in [4.78, 5) is 0. The second-order valence-corrected chi connectivity index (χ2v) is 5.41. The van der Waals surface area contributed by atoms with Gasteiger partial charge in [0.1, 0.15) is 0 Å². The molecular formula is C8H18N2O2S. The number of sulfonamides is 1. The summed E-state index contributed by atoms with van der Waals surface area (Å²) in [6, 6.07) is 0.176. The van der Waals surface area contributed by atoms with Crippen molar-refractivity contribution in [2.75, 3.05) is 25.9 Å². The third-order valence-corrected chi connectivity index (χ3v) is 3.71. The van der Waals surface area contributed by atoms with Crippen molar-refractivity contribution >= 4 is 10.0 Å². The number of rotatable bonds is 4. The van der Waals surface area contributed by atoms with Crippen LogP contribution in [-0.2, 0) is 10.0 Å². The van der Waals surface area contributed by atoms with Crippen molar-refractivity contribution in [2.45, 2.75) is 25.8 Å². The molecule has 0 aromatic carbocycles. The smallest absolute Gasteiger partial charge is 0.211 e. The number of hydrogen-bond donors (Lipinski definition) is 1. The van der Waals surface area contributed by atoms with Crippen LogP contribution in [0.15, 0.2) is 0 Å². The topological polar surface area (TPSA) is 49.4 Å². The Hall–Kier alpha value is -0.130. The predicted octanol–water partition coefficient (Wildman–Crippen LogP) is 0.0199. The fourth-order valence-corrected chi connectivity index (χ4v) is 2.94. The zero-order chi connectivity index (χ0) is 9.90. The molecule has 0 aliphatic carbocycles. The fourth-order valence-electron chi connectivity index (χ4n) is 1.76. The van der Waals surface area contributed by atoms with Crippen LogP contribution in [0.25, 0.3) is 0 Å². The summed E-state index contributed by atoms with van der Waals surface area (Å²) in [6.45, 7) is 4.40. The summed E-state index contributed by atoms with van der Waals surface area (Å²) in [5.74, 6) is 0. The van der Waals surface area contributed by atoms with E-state index in [4.69, 9.17) is 0 Å². The highest BCUT2D eigenvalue weighted by Gasteiger charge is 2.30. The Bertz CT molecular complexity index is 251. The number of nitrogens with one attached hydrogen (secondary N) is 1. The van der Waals surface area contributed by atoms with E-state index < -0.39 is 10.0 Å². The van der Waals surface area contributed by atoms with Gasteiger partial charge in [-0.3, -0.25) is 0 Å². The summed E-state index contributed by atoms with van der Waals surface area (Å²) in [6.07, 6.45) is 3.26. The van der Waals surface area contributed by atoms with Gasteiger partial charge in [-0.15, -0.1) is 0 Å². The van der Waals surface area contributed by atoms with Gasteiger partial charge in [-0.05, 0) is 19.4 Å². The zero-order valence-corrected chi connectivity index (χ0v) is 9.10. The number of likely N-dealkylation sites (N-methyl/N-ethyl adjacent to an activating group) is 1. The molecule has 4 nitrogen and oxygen atoms in total. The van der Waals surface area contributed by atoms with Crippen LogP contribution < -0.4 is 5.32 Å². The Kier molecular flexibility index (Phi) is 3.70. The maximum absolute atomic E-state index is 11.3. The van der Waals surface area contributed by atoms with Crippen LogP contribution >= 0.6 is 0 Å². The molecule has 1 rings (SSSR count). The number of nitrogens with zero attached hydrogens (tertiary/aromatic N) is 1. The van der Waals surface area contributed by atoms with Crippen LogP contribution in [0, 0.1) is 0 Å². The normalized spacial score (nSPS) is 25.2. The maximum Gasteiger partial charge on any atom is 0.211 e. The van der Waals surface area contributed by atoms with Crippen LogP contribution in [0.4, 0.5) is 0 Å². The van der Waals surface area contributed by atoms with Gasteiger partial charge < -0.3 is 5.32 Å². The van der Waals surface area contributed by atoms with E-state index in [1.165, 1.54) is 6.26 Å². The molecule has 1 aliphatic heterocycles. The molecule has 0 amide bonds. The monoisotopic (exact) mass is 206 g/mol. The lowest BCUT2D eigenvalue weighted by Gasteiger charge is -2.21. The van der Waals surface area contributed by atoms with Crippen molar-refractivity contribution in [3.63, 3.8) is 0 Å². The molecule has 13 heavy (non-hydrogen) atoms. The molecule has 0 unspecified atom stereocenters. The van der Waals surface area contributed by atoms with Crippen LogP contribution in [-0.4, -0.2) is 44.7 Å². The van der Waals surface area contributed by atoms with Crippen LogP contribution in [0.1, 0.15) is 19.8 Å². The molecule has 5 heteroatoms. The van der Waals surface area contributed by atoms with E-state index in [0.717, 1.165) is 25.9 Å². The van der Waals surface area contributed by atoms with E-state index in [1.54, 1.807) is 4.31 Å². The highest BCUT2D eigenvalue weighted by atomic mass is 32.2. The molecule has 0 spiro atoms. The zero-order valence-electron chi connectivity index (χ0n) is 8.28. The summed E-state index contributed by atoms with van der Waals surface area (Å²) >= 11 is 0. The van der Waals surface area contributed by atoms with Gasteiger partial charge in [-0.25, -0.2) is 8.42 Å². The largest absolute Gasteiger partial charge is 0.315 e. The molecule has 0 aromatic heterocycles. The average molecular weight is 206 g/mol. The summed E-state index contributed by atoms with van der Waals surface area (Å²) in [7, 11) is -2.99. The summed E-state index contributed by atoms with van der Waals surface area (Å²) in [5, 5.41) is 3.19. The van der Waals surface area contributed by atoms with Crippen LogP contribution in [0.3, 0.4) is 0 Å². The van der Waals surface area contributed by atoms with Crippen molar-refractivity contribution in [1.29, 1.82) is 0 Å². The van der Waals surface area contributed by atoms with E-state index in [2.05, 4.69) is 5.32 Å². The van der Waals surface area contributed by atoms with Crippen molar-refractivity contribution < 1.29 is 8.42 Å². The highest BCUT2D eigenvalue weighted by molar-refractivity contribution is 7.88. The van der Waals surface area contributed by atoms with Crippen molar-refractivity contribution in [3.8, 4) is 0 Å². The van der Waals surface area contributed by atoms with Gasteiger partial charge in [0.25, 0.3) is 0 Å². The first-order valence-corrected chi connectivity index (χ1v) is 6.58. The van der Waals surface area contributed by atoms with Gasteiger partial charge in [0, 0.05) is 19.1 Å². The predicted molar refractivity (Wildman–Crippen MR) is 53.1 cm³/mol. The standard InChI is InChI=1S/C8H18N2O2S/c1-3-9-7-8-5-4-6-10(8)13(2,11)12/h8-9H,3-7H2,1-2H3/t8-/m0/s1. The molecule has 1 atom stereocenters. The Morgan fingerprint density at radius 3 is 2.77 bits per heavy atom. The maximum atomic E-state index is 11.3. The molecule has 0 aromatic rings. The van der Waals surface area contributed by atoms with Crippen molar-refractivity contribution in [3.05, 3.63) is 0 Å². The lowest BCUT2D eigenvalue weighted by Crippen LogP contribution is -2.40. The summed E-state index contributed by atoms with van der Waals surface area (Å²) < 4.78 is 24.2. The lowest BCUT2D eigenvalue weighted by molar-refractivity contribution is 0.377. The number of hydrogen-bond acceptors (Lipinski definition) is 3. The second kappa shape index (κ2) is 4.39. The van der Waals surface area contributed by atoms with Gasteiger partial charge >= 0.3 is 0 Å². The van der Waals surface area contributed by atoms with Crippen molar-refractivity contribution in [1.82, 2.24) is 9.62 Å². The first kappa shape index (κ1) is 10.9. The Labute approximate surface area is 80.4 Å². The molecule has 0 bridgehead atoms. The van der Waals surface area contributed by atoms with Crippen LogP contribution in [0.5, 0.6) is 0 Å². The quantitative estimate of drug-likeness (QED) is 0.705. The van der Waals surface area contributed by atoms with E-state index >= 15 is 0 Å². The minimum Gasteiger partial charge on any atom is -0.315 e. The first-order valence-electron chi connectivity index (χ1n) is 4.73. The minimum absolute atomic E-state index is 0.176. The van der Waals surface area contributed by atoms with E-state index in [0.29, 0.717) is 6.54 Å². The van der Waals surface area contributed by atoms with Crippen LogP contribution in [0.2, 0.25) is 0 Å². The minimum atomic E-state index is -2.99. The molecule has 1 saturated heterocycles. The summed E-state index contributed by atoms with van der Waals surface area (Å²) in [5.41, 5.74) is 0. The molecule has 1 N–H and O–H groups in total. The molecule has 0 saturated carbocycles. The molecule has 1 heterocycles. The Balaban J connectivity index is 2.54. The molecule has 1 fully saturated rings. The fraction of sp³-hybridized carbons (Fsp3) is 1.00. The Morgan fingerprint density at radius 2 is 2.23 bits per heavy atom.